The van der Waals surface area contributed by atoms with Crippen LogP contribution >= 0.6 is 0 Å². The summed E-state index contributed by atoms with van der Waals surface area (Å²) < 4.78 is 44.8. The van der Waals surface area contributed by atoms with Gasteiger partial charge in [0.15, 0.2) is 6.61 Å². The maximum atomic E-state index is 12.6. The van der Waals surface area contributed by atoms with Crippen LogP contribution in [0.15, 0.2) is 60.8 Å². The first kappa shape index (κ1) is 20.4. The average molecular weight is 403 g/mol. The van der Waals surface area contributed by atoms with Gasteiger partial charge >= 0.3 is 6.18 Å². The van der Waals surface area contributed by atoms with Gasteiger partial charge in [0.2, 0.25) is 0 Å². The van der Waals surface area contributed by atoms with E-state index < -0.39 is 11.7 Å². The van der Waals surface area contributed by atoms with Gasteiger partial charge in [-0.05, 0) is 50.2 Å². The van der Waals surface area contributed by atoms with Gasteiger partial charge in [-0.3, -0.25) is 4.79 Å². The number of ether oxygens (including phenoxy) is 1. The number of para-hydroxylation sites is 1. The van der Waals surface area contributed by atoms with Gasteiger partial charge in [-0.25, -0.2) is 4.68 Å². The van der Waals surface area contributed by atoms with Crippen LogP contribution in [0.5, 0.6) is 5.75 Å². The third-order valence-corrected chi connectivity index (χ3v) is 4.44. The zero-order valence-electron chi connectivity index (χ0n) is 15.9. The van der Waals surface area contributed by atoms with Gasteiger partial charge in [0.05, 0.1) is 23.5 Å². The Balaban J connectivity index is 1.58. The second-order valence-electron chi connectivity index (χ2n) is 6.53. The number of benzene rings is 2. The Kier molecular flexibility index (Phi) is 5.91. The van der Waals surface area contributed by atoms with E-state index in [9.17, 15) is 18.0 Å². The van der Waals surface area contributed by atoms with Crippen LogP contribution in [-0.4, -0.2) is 22.3 Å². The first-order valence-corrected chi connectivity index (χ1v) is 8.95. The highest BCUT2D eigenvalue weighted by Crippen LogP contribution is 2.30. The Bertz CT molecular complexity index is 967. The van der Waals surface area contributed by atoms with Crippen LogP contribution in [0.3, 0.4) is 0 Å². The Morgan fingerprint density at radius 1 is 1.14 bits per heavy atom. The number of carbonyl (C=O) groups is 1. The topological polar surface area (TPSA) is 56.1 Å². The van der Waals surface area contributed by atoms with E-state index >= 15 is 0 Å². The van der Waals surface area contributed by atoms with Crippen molar-refractivity contribution in [3.05, 3.63) is 77.6 Å². The van der Waals surface area contributed by atoms with Gasteiger partial charge in [-0.2, -0.15) is 18.3 Å². The van der Waals surface area contributed by atoms with Crippen molar-refractivity contribution < 1.29 is 22.7 Å². The summed E-state index contributed by atoms with van der Waals surface area (Å²) in [4.78, 5) is 12.2. The minimum atomic E-state index is -4.41. The molecule has 1 aromatic heterocycles. The predicted octanol–water partition coefficient (Wildman–Crippen LogP) is 4.46. The van der Waals surface area contributed by atoms with Crippen molar-refractivity contribution in [1.29, 1.82) is 0 Å². The SMILES string of the molecule is Cc1c(C(C)NC(=O)COc2ccc(C(F)(F)F)cc2)cnn1-c1ccccc1. The largest absolute Gasteiger partial charge is 0.484 e. The molecular weight excluding hydrogens is 383 g/mol. The highest BCUT2D eigenvalue weighted by Gasteiger charge is 2.30. The molecule has 0 saturated heterocycles. The summed E-state index contributed by atoms with van der Waals surface area (Å²) in [5.41, 5.74) is 1.90. The normalized spacial score (nSPS) is 12.4. The van der Waals surface area contributed by atoms with Crippen molar-refractivity contribution in [3.8, 4) is 11.4 Å². The first-order valence-electron chi connectivity index (χ1n) is 8.95. The second kappa shape index (κ2) is 8.38. The molecule has 8 heteroatoms. The molecule has 0 saturated carbocycles. The maximum absolute atomic E-state index is 12.6. The van der Waals surface area contributed by atoms with Crippen molar-refractivity contribution in [2.75, 3.05) is 6.61 Å². The number of amides is 1. The second-order valence-corrected chi connectivity index (χ2v) is 6.53. The molecule has 1 unspecified atom stereocenters. The van der Waals surface area contributed by atoms with E-state index in [1.165, 1.54) is 12.1 Å². The molecule has 152 valence electrons. The predicted molar refractivity (Wildman–Crippen MR) is 102 cm³/mol. The molecule has 0 aliphatic carbocycles. The van der Waals surface area contributed by atoms with Gasteiger partial charge < -0.3 is 10.1 Å². The number of nitrogens with one attached hydrogen (secondary N) is 1. The standard InChI is InChI=1S/C21H20F3N3O2/c1-14(19-12-25-27(15(19)2)17-6-4-3-5-7-17)26-20(28)13-29-18-10-8-16(9-11-18)21(22,23)24/h3-12,14H,13H2,1-2H3,(H,26,28). The van der Waals surface area contributed by atoms with Crippen LogP contribution in [0.4, 0.5) is 13.2 Å². The number of hydrogen-bond donors (Lipinski definition) is 1. The zero-order valence-corrected chi connectivity index (χ0v) is 15.9. The van der Waals surface area contributed by atoms with Crippen molar-refractivity contribution in [3.63, 3.8) is 0 Å². The molecule has 1 N–H and O–H groups in total. The molecule has 2 aromatic carbocycles. The lowest BCUT2D eigenvalue weighted by atomic mass is 10.1. The Labute approximate surface area is 166 Å². The molecule has 0 aliphatic rings. The number of hydrogen-bond acceptors (Lipinski definition) is 3. The van der Waals surface area contributed by atoms with Crippen LogP contribution in [-0.2, 0) is 11.0 Å². The van der Waals surface area contributed by atoms with Crippen LogP contribution in [0.2, 0.25) is 0 Å². The van der Waals surface area contributed by atoms with Crippen molar-refractivity contribution in [2.45, 2.75) is 26.1 Å². The van der Waals surface area contributed by atoms with E-state index in [1.807, 2.05) is 44.2 Å². The van der Waals surface area contributed by atoms with Crippen LogP contribution < -0.4 is 10.1 Å². The fraction of sp³-hybridized carbons (Fsp3) is 0.238. The minimum Gasteiger partial charge on any atom is -0.484 e. The molecule has 3 rings (SSSR count). The van der Waals surface area contributed by atoms with E-state index in [0.717, 1.165) is 29.1 Å². The van der Waals surface area contributed by atoms with Crippen LogP contribution in [0, 0.1) is 6.92 Å². The molecule has 3 aromatic rings. The molecule has 0 radical (unpaired) electrons. The van der Waals surface area contributed by atoms with Crippen LogP contribution in [0.25, 0.3) is 5.69 Å². The molecule has 1 heterocycles. The number of carbonyl (C=O) groups excluding carboxylic acids is 1. The number of alkyl halides is 3. The summed E-state index contributed by atoms with van der Waals surface area (Å²) in [7, 11) is 0. The van der Waals surface area contributed by atoms with E-state index in [1.54, 1.807) is 10.9 Å². The Morgan fingerprint density at radius 3 is 2.41 bits per heavy atom. The van der Waals surface area contributed by atoms with Gasteiger partial charge in [-0.15, -0.1) is 0 Å². The minimum absolute atomic E-state index is 0.189. The van der Waals surface area contributed by atoms with E-state index in [2.05, 4.69) is 10.4 Å². The summed E-state index contributed by atoms with van der Waals surface area (Å²) >= 11 is 0. The number of rotatable bonds is 6. The van der Waals surface area contributed by atoms with E-state index in [0.29, 0.717) is 0 Å². The molecule has 1 amide bonds. The monoisotopic (exact) mass is 403 g/mol. The number of aromatic nitrogens is 2. The van der Waals surface area contributed by atoms with E-state index in [4.69, 9.17) is 4.74 Å². The molecule has 0 bridgehead atoms. The molecule has 0 aliphatic heterocycles. The third-order valence-electron chi connectivity index (χ3n) is 4.44. The molecule has 5 nitrogen and oxygen atoms in total. The first-order chi connectivity index (χ1) is 13.8. The quantitative estimate of drug-likeness (QED) is 0.661. The van der Waals surface area contributed by atoms with Crippen LogP contribution in [0.1, 0.15) is 29.8 Å². The van der Waals surface area contributed by atoms with Gasteiger partial charge in [0.25, 0.3) is 5.91 Å². The zero-order chi connectivity index (χ0) is 21.0. The van der Waals surface area contributed by atoms with Gasteiger partial charge in [0.1, 0.15) is 5.75 Å². The smallest absolute Gasteiger partial charge is 0.416 e. The average Bonchev–Trinajstić information content (AvgIpc) is 3.08. The number of nitrogens with zero attached hydrogens (tertiary/aromatic N) is 2. The van der Waals surface area contributed by atoms with Crippen molar-refractivity contribution in [1.82, 2.24) is 15.1 Å². The Hall–Kier alpha value is -3.29. The molecule has 29 heavy (non-hydrogen) atoms. The highest BCUT2D eigenvalue weighted by atomic mass is 19.4. The fourth-order valence-electron chi connectivity index (χ4n) is 2.93. The summed E-state index contributed by atoms with van der Waals surface area (Å²) in [6.45, 7) is 3.44. The summed E-state index contributed by atoms with van der Waals surface area (Å²) in [6, 6.07) is 13.5. The molecular formula is C21H20F3N3O2. The summed E-state index contributed by atoms with van der Waals surface area (Å²) in [5, 5.41) is 7.19. The highest BCUT2D eigenvalue weighted by molar-refractivity contribution is 5.78. The lowest BCUT2D eigenvalue weighted by Crippen LogP contribution is -2.31. The lowest BCUT2D eigenvalue weighted by Gasteiger charge is -2.15. The summed E-state index contributed by atoms with van der Waals surface area (Å²) in [5.74, 6) is -0.196. The molecule has 0 fully saturated rings. The van der Waals surface area contributed by atoms with Crippen molar-refractivity contribution in [2.24, 2.45) is 0 Å². The molecule has 1 atom stereocenters. The maximum Gasteiger partial charge on any atom is 0.416 e. The third kappa shape index (κ3) is 4.96. The lowest BCUT2D eigenvalue weighted by molar-refractivity contribution is -0.137. The van der Waals surface area contributed by atoms with Gasteiger partial charge in [0, 0.05) is 11.3 Å². The number of halogens is 3. The fourth-order valence-corrected chi connectivity index (χ4v) is 2.93. The Morgan fingerprint density at radius 2 is 1.79 bits per heavy atom. The van der Waals surface area contributed by atoms with Gasteiger partial charge in [-0.1, -0.05) is 18.2 Å². The summed E-state index contributed by atoms with van der Waals surface area (Å²) in [6.07, 6.45) is -2.71. The van der Waals surface area contributed by atoms with Crippen molar-refractivity contribution >= 4 is 5.91 Å². The molecule has 0 spiro atoms. The van der Waals surface area contributed by atoms with E-state index in [-0.39, 0.29) is 24.3 Å².